The molecule has 0 radical (unpaired) electrons. The summed E-state index contributed by atoms with van der Waals surface area (Å²) < 4.78 is 5.64. The minimum absolute atomic E-state index is 0.312. The molecule has 0 fully saturated rings. The lowest BCUT2D eigenvalue weighted by Gasteiger charge is -2.08. The van der Waals surface area contributed by atoms with E-state index in [-0.39, 0.29) is 5.91 Å². The van der Waals surface area contributed by atoms with Gasteiger partial charge in [0.05, 0.1) is 11.3 Å². The van der Waals surface area contributed by atoms with Gasteiger partial charge in [0.25, 0.3) is 11.1 Å². The van der Waals surface area contributed by atoms with E-state index in [1.165, 1.54) is 0 Å². The van der Waals surface area contributed by atoms with Crippen LogP contribution in [0.2, 0.25) is 5.02 Å². The third kappa shape index (κ3) is 4.32. The van der Waals surface area contributed by atoms with Gasteiger partial charge in [0, 0.05) is 34.2 Å². The van der Waals surface area contributed by atoms with Crippen LogP contribution in [0.4, 0.5) is 5.13 Å². The zero-order chi connectivity index (χ0) is 21.1. The number of aromatic amines is 1. The molecule has 152 valence electrons. The first-order chi connectivity index (χ1) is 14.5. The lowest BCUT2D eigenvalue weighted by Crippen LogP contribution is -2.13. The van der Waals surface area contributed by atoms with Crippen LogP contribution in [0.25, 0.3) is 11.1 Å². The number of carbonyl (C=O) groups is 1. The first-order valence-electron chi connectivity index (χ1n) is 8.99. The maximum Gasteiger partial charge on any atom is 0.296 e. The highest BCUT2D eigenvalue weighted by Gasteiger charge is 2.19. The summed E-state index contributed by atoms with van der Waals surface area (Å²) in [5.41, 5.74) is 4.63. The summed E-state index contributed by atoms with van der Waals surface area (Å²) in [6.07, 6.45) is 3.23. The Balaban J connectivity index is 1.47. The molecule has 30 heavy (non-hydrogen) atoms. The average molecular weight is 441 g/mol. The number of nitrogens with one attached hydrogen (secondary N) is 2. The quantitative estimate of drug-likeness (QED) is 0.459. The van der Waals surface area contributed by atoms with Crippen LogP contribution in [0.5, 0.6) is 5.19 Å². The smallest absolute Gasteiger partial charge is 0.296 e. The summed E-state index contributed by atoms with van der Waals surface area (Å²) in [7, 11) is 0. The second kappa shape index (κ2) is 8.60. The van der Waals surface area contributed by atoms with Crippen LogP contribution >= 0.6 is 22.9 Å². The fourth-order valence-electron chi connectivity index (χ4n) is 2.95. The molecule has 1 amide bonds. The Morgan fingerprint density at radius 3 is 2.73 bits per heavy atom. The van der Waals surface area contributed by atoms with Gasteiger partial charge in [-0.1, -0.05) is 28.8 Å². The molecule has 0 saturated heterocycles. The number of nitrogens with zero attached hydrogens (tertiary/aromatic N) is 4. The molecule has 10 heteroatoms. The fourth-order valence-corrected chi connectivity index (χ4v) is 3.66. The summed E-state index contributed by atoms with van der Waals surface area (Å²) in [6.45, 7) is 4.11. The summed E-state index contributed by atoms with van der Waals surface area (Å²) in [4.78, 5) is 17.0. The zero-order valence-corrected chi connectivity index (χ0v) is 17.7. The van der Waals surface area contributed by atoms with Crippen molar-refractivity contribution in [2.45, 2.75) is 20.5 Å². The second-order valence-corrected chi connectivity index (χ2v) is 7.85. The highest BCUT2D eigenvalue weighted by molar-refractivity contribution is 7.17. The maximum absolute atomic E-state index is 12.9. The van der Waals surface area contributed by atoms with Crippen LogP contribution in [0.1, 0.15) is 27.3 Å². The largest absolute Gasteiger partial charge is 0.464 e. The van der Waals surface area contributed by atoms with Crippen LogP contribution < -0.4 is 10.1 Å². The molecule has 4 rings (SSSR count). The Hall–Kier alpha value is -3.30. The number of aromatic nitrogens is 5. The van der Waals surface area contributed by atoms with Crippen molar-refractivity contribution in [3.63, 3.8) is 0 Å². The van der Waals surface area contributed by atoms with Crippen molar-refractivity contribution < 1.29 is 9.53 Å². The number of hydrogen-bond acceptors (Lipinski definition) is 7. The molecule has 0 atom stereocenters. The molecule has 8 nitrogen and oxygen atoms in total. The molecule has 3 heterocycles. The molecule has 2 N–H and O–H groups in total. The number of carbonyl (C=O) groups excluding carboxylic acids is 1. The molecule has 3 aromatic heterocycles. The number of halogens is 1. The van der Waals surface area contributed by atoms with Gasteiger partial charge < -0.3 is 4.74 Å². The molecule has 1 aromatic carbocycles. The van der Waals surface area contributed by atoms with E-state index < -0.39 is 0 Å². The molecule has 0 saturated carbocycles. The lowest BCUT2D eigenvalue weighted by molar-refractivity contribution is 0.102. The van der Waals surface area contributed by atoms with Crippen molar-refractivity contribution in [2.75, 3.05) is 5.32 Å². The van der Waals surface area contributed by atoms with Crippen LogP contribution in [-0.4, -0.2) is 31.3 Å². The molecule has 0 unspecified atom stereocenters. The predicted octanol–water partition coefficient (Wildman–Crippen LogP) is 4.42. The number of anilines is 1. The van der Waals surface area contributed by atoms with E-state index in [2.05, 4.69) is 30.7 Å². The van der Waals surface area contributed by atoms with Gasteiger partial charge in [0.15, 0.2) is 0 Å². The van der Waals surface area contributed by atoms with Crippen LogP contribution in [0.15, 0.2) is 42.7 Å². The van der Waals surface area contributed by atoms with Gasteiger partial charge in [-0.2, -0.15) is 5.10 Å². The van der Waals surface area contributed by atoms with Gasteiger partial charge in [-0.3, -0.25) is 20.2 Å². The number of aryl methyl sites for hydroxylation is 2. The molecular weight excluding hydrogens is 424 g/mol. The monoisotopic (exact) mass is 440 g/mol. The van der Waals surface area contributed by atoms with Gasteiger partial charge in [-0.15, -0.1) is 5.10 Å². The number of ether oxygens (including phenoxy) is 1. The fraction of sp³-hybridized carbons (Fsp3) is 0.150. The van der Waals surface area contributed by atoms with Crippen LogP contribution in [0.3, 0.4) is 0 Å². The topological polar surface area (TPSA) is 106 Å². The molecule has 0 aliphatic heterocycles. The molecule has 0 aliphatic rings. The van der Waals surface area contributed by atoms with Crippen molar-refractivity contribution in [3.05, 3.63) is 70.3 Å². The first kappa shape index (κ1) is 20.0. The van der Waals surface area contributed by atoms with Crippen molar-refractivity contribution in [1.82, 2.24) is 25.4 Å². The third-order valence-corrected chi connectivity index (χ3v) is 5.37. The van der Waals surface area contributed by atoms with Gasteiger partial charge in [0.1, 0.15) is 6.61 Å². The molecule has 0 bridgehead atoms. The highest BCUT2D eigenvalue weighted by atomic mass is 35.5. The molecule has 0 aliphatic carbocycles. The van der Waals surface area contributed by atoms with E-state index in [0.29, 0.717) is 33.1 Å². The summed E-state index contributed by atoms with van der Waals surface area (Å²) in [5, 5.41) is 19.2. The van der Waals surface area contributed by atoms with E-state index in [1.807, 2.05) is 26.0 Å². The van der Waals surface area contributed by atoms with Crippen molar-refractivity contribution >= 4 is 34.0 Å². The van der Waals surface area contributed by atoms with Gasteiger partial charge in [-0.25, -0.2) is 0 Å². The number of benzene rings is 1. The van der Waals surface area contributed by atoms with Crippen LogP contribution in [0, 0.1) is 13.8 Å². The molecular formula is C20H17ClN6O2S. The van der Waals surface area contributed by atoms with Gasteiger partial charge in [-0.05, 0) is 48.9 Å². The normalized spacial score (nSPS) is 10.8. The predicted molar refractivity (Wildman–Crippen MR) is 115 cm³/mol. The Morgan fingerprint density at radius 2 is 2.00 bits per heavy atom. The van der Waals surface area contributed by atoms with E-state index in [0.717, 1.165) is 33.9 Å². The summed E-state index contributed by atoms with van der Waals surface area (Å²) in [5.74, 6) is -0.312. The third-order valence-electron chi connectivity index (χ3n) is 4.37. The Bertz CT molecular complexity index is 1170. The zero-order valence-electron chi connectivity index (χ0n) is 16.1. The standard InChI is InChI=1S/C20H17ClN6O2S/c1-11-17(12(2)25-24-11)16-9-22-8-7-15(16)18(28)23-19-26-27-20(30-19)29-10-13-3-5-14(21)6-4-13/h3-9H,10H2,1-2H3,(H,24,25)(H,23,26,28). The van der Waals surface area contributed by atoms with E-state index in [1.54, 1.807) is 30.6 Å². The first-order valence-corrected chi connectivity index (χ1v) is 10.2. The average Bonchev–Trinajstić information content (AvgIpc) is 3.33. The molecule has 0 spiro atoms. The summed E-state index contributed by atoms with van der Waals surface area (Å²) in [6, 6.07) is 8.99. The Kier molecular flexibility index (Phi) is 5.73. The number of pyridine rings is 1. The van der Waals surface area contributed by atoms with Crippen molar-refractivity contribution in [1.29, 1.82) is 0 Å². The molecule has 4 aromatic rings. The van der Waals surface area contributed by atoms with E-state index >= 15 is 0 Å². The number of H-pyrrole nitrogens is 1. The Morgan fingerprint density at radius 1 is 1.20 bits per heavy atom. The lowest BCUT2D eigenvalue weighted by atomic mass is 10.00. The number of hydrogen-bond donors (Lipinski definition) is 2. The maximum atomic E-state index is 12.9. The van der Waals surface area contributed by atoms with Crippen LogP contribution in [-0.2, 0) is 6.61 Å². The minimum atomic E-state index is -0.312. The summed E-state index contributed by atoms with van der Waals surface area (Å²) >= 11 is 7.03. The van der Waals surface area contributed by atoms with Gasteiger partial charge in [0.2, 0.25) is 5.13 Å². The van der Waals surface area contributed by atoms with Crippen molar-refractivity contribution in [2.24, 2.45) is 0 Å². The SMILES string of the molecule is Cc1n[nH]c(C)c1-c1cnccc1C(=O)Nc1nnc(OCc2ccc(Cl)cc2)s1. The highest BCUT2D eigenvalue weighted by Crippen LogP contribution is 2.29. The Labute approximate surface area is 181 Å². The number of rotatable bonds is 6. The van der Waals surface area contributed by atoms with E-state index in [9.17, 15) is 4.79 Å². The van der Waals surface area contributed by atoms with Crippen molar-refractivity contribution in [3.8, 4) is 16.3 Å². The van der Waals surface area contributed by atoms with Gasteiger partial charge >= 0.3 is 0 Å². The second-order valence-electron chi connectivity index (χ2n) is 6.47. The number of amides is 1. The minimum Gasteiger partial charge on any atom is -0.464 e. The van der Waals surface area contributed by atoms with E-state index in [4.69, 9.17) is 16.3 Å².